The maximum atomic E-state index is 4.64. The van der Waals surface area contributed by atoms with Gasteiger partial charge in [-0.25, -0.2) is 4.99 Å². The van der Waals surface area contributed by atoms with E-state index in [2.05, 4.69) is 67.6 Å². The van der Waals surface area contributed by atoms with Crippen molar-refractivity contribution in [2.75, 3.05) is 13.1 Å². The summed E-state index contributed by atoms with van der Waals surface area (Å²) in [7, 11) is 0. The quantitative estimate of drug-likeness (QED) is 0.442. The monoisotopic (exact) mass is 389 g/mol. The molecule has 0 fully saturated rings. The molecule has 0 aromatic heterocycles. The van der Waals surface area contributed by atoms with Crippen molar-refractivity contribution in [3.63, 3.8) is 0 Å². The molecule has 0 heterocycles. The van der Waals surface area contributed by atoms with Gasteiger partial charge in [-0.3, -0.25) is 0 Å². The van der Waals surface area contributed by atoms with Gasteiger partial charge in [-0.2, -0.15) is 0 Å². The number of aryl methyl sites for hydroxylation is 1. The molecule has 3 nitrogen and oxygen atoms in total. The maximum Gasteiger partial charge on any atom is 0.191 e. The zero-order valence-electron chi connectivity index (χ0n) is 13.1. The zero-order valence-corrected chi connectivity index (χ0v) is 15.4. The summed E-state index contributed by atoms with van der Waals surface area (Å²) in [4.78, 5) is 4.64. The molecule has 0 unspecified atom stereocenters. The fourth-order valence-electron chi connectivity index (χ4n) is 1.77. The minimum atomic E-state index is 0. The maximum absolute atomic E-state index is 4.64. The van der Waals surface area contributed by atoms with E-state index in [0.29, 0.717) is 5.92 Å². The van der Waals surface area contributed by atoms with E-state index in [0.717, 1.165) is 32.0 Å². The van der Waals surface area contributed by atoms with Crippen molar-refractivity contribution >= 4 is 29.9 Å². The summed E-state index contributed by atoms with van der Waals surface area (Å²) in [5, 5.41) is 6.67. The lowest BCUT2D eigenvalue weighted by Crippen LogP contribution is -2.38. The van der Waals surface area contributed by atoms with E-state index in [-0.39, 0.29) is 24.0 Å². The largest absolute Gasteiger partial charge is 0.357 e. The first kappa shape index (κ1) is 19.2. The number of benzene rings is 1. The van der Waals surface area contributed by atoms with Crippen LogP contribution in [0.25, 0.3) is 0 Å². The van der Waals surface area contributed by atoms with Crippen LogP contribution < -0.4 is 10.6 Å². The van der Waals surface area contributed by atoms with Crippen LogP contribution >= 0.6 is 24.0 Å². The molecule has 1 aromatic carbocycles. The highest BCUT2D eigenvalue weighted by molar-refractivity contribution is 14.0. The lowest BCUT2D eigenvalue weighted by atomic mass is 10.1. The SMILES string of the molecule is CCNC(=NCc1ccccc1C)NCCC(C)C.I. The van der Waals surface area contributed by atoms with Gasteiger partial charge in [0.2, 0.25) is 0 Å². The number of halogens is 1. The van der Waals surface area contributed by atoms with Gasteiger partial charge in [0.25, 0.3) is 0 Å². The van der Waals surface area contributed by atoms with Gasteiger partial charge < -0.3 is 10.6 Å². The Morgan fingerprint density at radius 3 is 2.50 bits per heavy atom. The Balaban J connectivity index is 0.00000361. The summed E-state index contributed by atoms with van der Waals surface area (Å²) in [6.45, 7) is 11.3. The van der Waals surface area contributed by atoms with E-state index in [1.807, 2.05) is 0 Å². The number of hydrogen-bond donors (Lipinski definition) is 2. The van der Waals surface area contributed by atoms with Crippen LogP contribution in [0, 0.1) is 12.8 Å². The van der Waals surface area contributed by atoms with Crippen molar-refractivity contribution in [2.45, 2.75) is 40.7 Å². The second-order valence-electron chi connectivity index (χ2n) is 5.23. The fourth-order valence-corrected chi connectivity index (χ4v) is 1.77. The minimum Gasteiger partial charge on any atom is -0.357 e. The van der Waals surface area contributed by atoms with E-state index >= 15 is 0 Å². The third-order valence-corrected chi connectivity index (χ3v) is 3.03. The van der Waals surface area contributed by atoms with Crippen LogP contribution in [0.15, 0.2) is 29.3 Å². The average Bonchev–Trinajstić information content (AvgIpc) is 2.37. The molecule has 0 aliphatic heterocycles. The van der Waals surface area contributed by atoms with Gasteiger partial charge in [0.15, 0.2) is 5.96 Å². The molecule has 0 radical (unpaired) electrons. The first-order valence-corrected chi connectivity index (χ1v) is 7.20. The van der Waals surface area contributed by atoms with Crippen LogP contribution in [0.2, 0.25) is 0 Å². The summed E-state index contributed by atoms with van der Waals surface area (Å²) in [5.74, 6) is 1.62. The van der Waals surface area contributed by atoms with Crippen LogP contribution in [0.3, 0.4) is 0 Å². The van der Waals surface area contributed by atoms with E-state index in [9.17, 15) is 0 Å². The Labute approximate surface area is 140 Å². The topological polar surface area (TPSA) is 36.4 Å². The van der Waals surface area contributed by atoms with E-state index in [1.54, 1.807) is 0 Å². The highest BCUT2D eigenvalue weighted by Gasteiger charge is 2.00. The second-order valence-corrected chi connectivity index (χ2v) is 5.23. The van der Waals surface area contributed by atoms with Crippen LogP contribution in [0.5, 0.6) is 0 Å². The van der Waals surface area contributed by atoms with Crippen LogP contribution in [-0.4, -0.2) is 19.0 Å². The molecule has 0 amide bonds. The molecule has 2 N–H and O–H groups in total. The predicted octanol–water partition coefficient (Wildman–Crippen LogP) is 3.71. The number of nitrogens with one attached hydrogen (secondary N) is 2. The van der Waals surface area contributed by atoms with Gasteiger partial charge in [0, 0.05) is 13.1 Å². The van der Waals surface area contributed by atoms with Gasteiger partial charge in [-0.1, -0.05) is 38.1 Å². The summed E-state index contributed by atoms with van der Waals surface area (Å²) in [6, 6.07) is 8.39. The first-order chi connectivity index (χ1) is 9.13. The molecule has 114 valence electrons. The van der Waals surface area contributed by atoms with Gasteiger partial charge in [-0.15, -0.1) is 24.0 Å². The highest BCUT2D eigenvalue weighted by atomic mass is 127. The lowest BCUT2D eigenvalue weighted by Gasteiger charge is -2.12. The molecular weight excluding hydrogens is 361 g/mol. The Hall–Kier alpha value is -0.780. The number of hydrogen-bond acceptors (Lipinski definition) is 1. The molecule has 20 heavy (non-hydrogen) atoms. The molecule has 0 spiro atoms. The summed E-state index contributed by atoms with van der Waals surface area (Å²) in [6.07, 6.45) is 1.16. The van der Waals surface area contributed by atoms with Crippen molar-refractivity contribution < 1.29 is 0 Å². The average molecular weight is 389 g/mol. The third kappa shape index (κ3) is 7.72. The van der Waals surface area contributed by atoms with Gasteiger partial charge >= 0.3 is 0 Å². The minimum absolute atomic E-state index is 0. The van der Waals surface area contributed by atoms with Gasteiger partial charge in [0.05, 0.1) is 6.54 Å². The Kier molecular flexibility index (Phi) is 10.5. The smallest absolute Gasteiger partial charge is 0.191 e. The van der Waals surface area contributed by atoms with E-state index in [4.69, 9.17) is 0 Å². The van der Waals surface area contributed by atoms with E-state index in [1.165, 1.54) is 11.1 Å². The Bertz CT molecular complexity index is 402. The molecule has 0 aliphatic carbocycles. The lowest BCUT2D eigenvalue weighted by molar-refractivity contribution is 0.573. The van der Waals surface area contributed by atoms with Crippen molar-refractivity contribution in [2.24, 2.45) is 10.9 Å². The van der Waals surface area contributed by atoms with E-state index < -0.39 is 0 Å². The highest BCUT2D eigenvalue weighted by Crippen LogP contribution is 2.07. The summed E-state index contributed by atoms with van der Waals surface area (Å²) < 4.78 is 0. The Morgan fingerprint density at radius 2 is 1.90 bits per heavy atom. The van der Waals surface area contributed by atoms with Crippen LogP contribution in [0.1, 0.15) is 38.3 Å². The van der Waals surface area contributed by atoms with Crippen LogP contribution in [-0.2, 0) is 6.54 Å². The number of rotatable bonds is 6. The van der Waals surface area contributed by atoms with Gasteiger partial charge in [-0.05, 0) is 37.3 Å². The van der Waals surface area contributed by atoms with Crippen molar-refractivity contribution in [1.82, 2.24) is 10.6 Å². The fraction of sp³-hybridized carbons (Fsp3) is 0.562. The molecule has 0 bridgehead atoms. The van der Waals surface area contributed by atoms with Crippen molar-refractivity contribution in [3.05, 3.63) is 35.4 Å². The molecule has 1 aromatic rings. The molecule has 0 atom stereocenters. The van der Waals surface area contributed by atoms with Gasteiger partial charge in [0.1, 0.15) is 0 Å². The molecule has 0 aliphatic rings. The third-order valence-electron chi connectivity index (χ3n) is 3.03. The molecular formula is C16H28IN3. The zero-order chi connectivity index (χ0) is 14.1. The second kappa shape index (κ2) is 10.9. The van der Waals surface area contributed by atoms with Crippen molar-refractivity contribution in [3.8, 4) is 0 Å². The molecule has 4 heteroatoms. The Morgan fingerprint density at radius 1 is 1.20 bits per heavy atom. The summed E-state index contributed by atoms with van der Waals surface area (Å²) in [5.41, 5.74) is 2.58. The number of aliphatic imine (C=N–C) groups is 1. The first-order valence-electron chi connectivity index (χ1n) is 7.20. The number of nitrogens with zero attached hydrogens (tertiary/aromatic N) is 1. The molecule has 1 rings (SSSR count). The van der Waals surface area contributed by atoms with Crippen molar-refractivity contribution in [1.29, 1.82) is 0 Å². The molecule has 0 saturated carbocycles. The predicted molar refractivity (Wildman–Crippen MR) is 98.9 cm³/mol. The van der Waals surface area contributed by atoms with Crippen LogP contribution in [0.4, 0.5) is 0 Å². The number of guanidine groups is 1. The standard InChI is InChI=1S/C16H27N3.HI/c1-5-17-16(18-11-10-13(2)3)19-12-15-9-7-6-8-14(15)4;/h6-9,13H,5,10-12H2,1-4H3,(H2,17,18,19);1H. The summed E-state index contributed by atoms with van der Waals surface area (Å²) >= 11 is 0. The molecule has 0 saturated heterocycles. The normalized spacial score (nSPS) is 11.2.